The molecule has 1 saturated heterocycles. The Balaban J connectivity index is 1.52. The summed E-state index contributed by atoms with van der Waals surface area (Å²) in [6, 6.07) is 5.81. The maximum Gasteiger partial charge on any atom is 0.573 e. The van der Waals surface area contributed by atoms with Crippen molar-refractivity contribution in [3.63, 3.8) is 0 Å². The minimum atomic E-state index is -4.69. The number of anilines is 1. The maximum atomic E-state index is 12.3. The van der Waals surface area contributed by atoms with Crippen LogP contribution in [0.3, 0.4) is 0 Å². The highest BCUT2D eigenvalue weighted by molar-refractivity contribution is 5.96. The summed E-state index contributed by atoms with van der Waals surface area (Å²) < 4.78 is 45.5. The molecule has 27 heavy (non-hydrogen) atoms. The molecular weight excluding hydrogens is 363 g/mol. The van der Waals surface area contributed by atoms with E-state index in [1.807, 2.05) is 0 Å². The number of halogens is 3. The van der Waals surface area contributed by atoms with Gasteiger partial charge in [-0.25, -0.2) is 0 Å². The first-order valence-corrected chi connectivity index (χ1v) is 8.55. The SMILES string of the molecule is Cc1noc(C)c1C(=O)NCC1CCN(c2ccc(OC(F)(F)F)cc2)C1. The Morgan fingerprint density at radius 1 is 1.33 bits per heavy atom. The number of rotatable bonds is 5. The molecule has 0 saturated carbocycles. The molecule has 6 nitrogen and oxygen atoms in total. The quantitative estimate of drug-likeness (QED) is 0.857. The van der Waals surface area contributed by atoms with E-state index < -0.39 is 6.36 Å². The van der Waals surface area contributed by atoms with Crippen molar-refractivity contribution in [2.24, 2.45) is 5.92 Å². The molecule has 1 N–H and O–H groups in total. The Morgan fingerprint density at radius 2 is 2.04 bits per heavy atom. The molecule has 1 atom stereocenters. The van der Waals surface area contributed by atoms with Crippen LogP contribution >= 0.6 is 0 Å². The lowest BCUT2D eigenvalue weighted by Gasteiger charge is -2.19. The smallest absolute Gasteiger partial charge is 0.406 e. The van der Waals surface area contributed by atoms with Crippen LogP contribution in [0.15, 0.2) is 28.8 Å². The van der Waals surface area contributed by atoms with Crippen LogP contribution in [0.25, 0.3) is 0 Å². The summed E-state index contributed by atoms with van der Waals surface area (Å²) in [5, 5.41) is 6.68. The number of nitrogens with one attached hydrogen (secondary N) is 1. The molecule has 0 spiro atoms. The van der Waals surface area contributed by atoms with Crippen molar-refractivity contribution in [1.29, 1.82) is 0 Å². The van der Waals surface area contributed by atoms with Gasteiger partial charge in [-0.1, -0.05) is 5.16 Å². The highest BCUT2D eigenvalue weighted by atomic mass is 19.4. The van der Waals surface area contributed by atoms with Crippen molar-refractivity contribution in [3.8, 4) is 5.75 Å². The first-order valence-electron chi connectivity index (χ1n) is 8.55. The van der Waals surface area contributed by atoms with Crippen molar-refractivity contribution in [3.05, 3.63) is 41.3 Å². The molecular formula is C18H20F3N3O3. The second kappa shape index (κ2) is 7.50. The molecule has 3 rings (SSSR count). The van der Waals surface area contributed by atoms with Crippen LogP contribution < -0.4 is 15.0 Å². The van der Waals surface area contributed by atoms with E-state index in [9.17, 15) is 18.0 Å². The lowest BCUT2D eigenvalue weighted by Crippen LogP contribution is -2.31. The number of aromatic nitrogens is 1. The van der Waals surface area contributed by atoms with Gasteiger partial charge in [-0.15, -0.1) is 13.2 Å². The van der Waals surface area contributed by atoms with E-state index >= 15 is 0 Å². The zero-order chi connectivity index (χ0) is 19.6. The number of aryl methyl sites for hydroxylation is 2. The van der Waals surface area contributed by atoms with Gasteiger partial charge in [-0.3, -0.25) is 4.79 Å². The van der Waals surface area contributed by atoms with Crippen LogP contribution in [0.5, 0.6) is 5.75 Å². The molecule has 2 aromatic rings. The Bertz CT molecular complexity index is 783. The van der Waals surface area contributed by atoms with Gasteiger partial charge in [0.15, 0.2) is 0 Å². The van der Waals surface area contributed by atoms with E-state index in [-0.39, 0.29) is 17.6 Å². The molecule has 1 fully saturated rings. The van der Waals surface area contributed by atoms with Crippen LogP contribution in [0.4, 0.5) is 18.9 Å². The normalized spacial score (nSPS) is 17.2. The van der Waals surface area contributed by atoms with Crippen molar-refractivity contribution >= 4 is 11.6 Å². The zero-order valence-electron chi connectivity index (χ0n) is 15.0. The average molecular weight is 383 g/mol. The Hall–Kier alpha value is -2.71. The van der Waals surface area contributed by atoms with Gasteiger partial charge in [0.25, 0.3) is 5.91 Å². The number of ether oxygens (including phenoxy) is 1. The molecule has 0 radical (unpaired) electrons. The fraction of sp³-hybridized carbons (Fsp3) is 0.444. The second-order valence-electron chi connectivity index (χ2n) is 6.55. The van der Waals surface area contributed by atoms with Crippen LogP contribution in [0.1, 0.15) is 28.2 Å². The van der Waals surface area contributed by atoms with Crippen molar-refractivity contribution in [2.45, 2.75) is 26.6 Å². The van der Waals surface area contributed by atoms with Crippen LogP contribution in [-0.4, -0.2) is 37.1 Å². The van der Waals surface area contributed by atoms with E-state index in [4.69, 9.17) is 4.52 Å². The van der Waals surface area contributed by atoms with E-state index in [1.54, 1.807) is 26.0 Å². The summed E-state index contributed by atoms with van der Waals surface area (Å²) in [5.41, 5.74) is 1.84. The molecule has 1 unspecified atom stereocenters. The predicted molar refractivity (Wildman–Crippen MR) is 91.8 cm³/mol. The molecule has 2 heterocycles. The number of hydrogen-bond donors (Lipinski definition) is 1. The van der Waals surface area contributed by atoms with Gasteiger partial charge in [-0.2, -0.15) is 0 Å². The van der Waals surface area contributed by atoms with Crippen LogP contribution in [0.2, 0.25) is 0 Å². The molecule has 0 bridgehead atoms. The van der Waals surface area contributed by atoms with Gasteiger partial charge < -0.3 is 19.5 Å². The molecule has 9 heteroatoms. The lowest BCUT2D eigenvalue weighted by molar-refractivity contribution is -0.274. The maximum absolute atomic E-state index is 12.3. The van der Waals surface area contributed by atoms with Crippen molar-refractivity contribution < 1.29 is 27.2 Å². The minimum Gasteiger partial charge on any atom is -0.406 e. The van der Waals surface area contributed by atoms with E-state index in [1.165, 1.54) is 12.1 Å². The summed E-state index contributed by atoms with van der Waals surface area (Å²) in [6.07, 6.45) is -3.82. The molecule has 1 aromatic heterocycles. The minimum absolute atomic E-state index is 0.210. The molecule has 1 aliphatic rings. The largest absolute Gasteiger partial charge is 0.573 e. The zero-order valence-corrected chi connectivity index (χ0v) is 15.0. The average Bonchev–Trinajstić information content (AvgIpc) is 3.19. The first kappa shape index (κ1) is 19.1. The number of benzene rings is 1. The summed E-state index contributed by atoms with van der Waals surface area (Å²) in [6.45, 7) is 5.40. The fourth-order valence-corrected chi connectivity index (χ4v) is 3.22. The number of hydrogen-bond acceptors (Lipinski definition) is 5. The summed E-state index contributed by atoms with van der Waals surface area (Å²) in [7, 11) is 0. The number of nitrogens with zero attached hydrogens (tertiary/aromatic N) is 2. The van der Waals surface area contributed by atoms with E-state index in [0.29, 0.717) is 30.1 Å². The van der Waals surface area contributed by atoms with E-state index in [2.05, 4.69) is 20.1 Å². The summed E-state index contributed by atoms with van der Waals surface area (Å²) >= 11 is 0. The second-order valence-corrected chi connectivity index (χ2v) is 6.55. The number of carbonyl (C=O) groups excluding carboxylic acids is 1. The van der Waals surface area contributed by atoms with Gasteiger partial charge in [0.05, 0.1) is 5.69 Å². The molecule has 1 aromatic carbocycles. The Morgan fingerprint density at radius 3 is 2.63 bits per heavy atom. The van der Waals surface area contributed by atoms with Crippen molar-refractivity contribution in [2.75, 3.05) is 24.5 Å². The van der Waals surface area contributed by atoms with Gasteiger partial charge in [-0.05, 0) is 50.5 Å². The van der Waals surface area contributed by atoms with Crippen LogP contribution in [-0.2, 0) is 0 Å². The van der Waals surface area contributed by atoms with Gasteiger partial charge in [0.1, 0.15) is 17.1 Å². The third-order valence-corrected chi connectivity index (χ3v) is 4.53. The highest BCUT2D eigenvalue weighted by Gasteiger charge is 2.31. The number of carbonyl (C=O) groups is 1. The lowest BCUT2D eigenvalue weighted by atomic mass is 10.1. The number of amides is 1. The molecule has 1 amide bonds. The topological polar surface area (TPSA) is 67.6 Å². The molecule has 0 aliphatic carbocycles. The van der Waals surface area contributed by atoms with Gasteiger partial charge in [0.2, 0.25) is 0 Å². The van der Waals surface area contributed by atoms with Crippen LogP contribution in [0, 0.1) is 19.8 Å². The summed E-state index contributed by atoms with van der Waals surface area (Å²) in [4.78, 5) is 14.4. The van der Waals surface area contributed by atoms with Crippen molar-refractivity contribution in [1.82, 2.24) is 10.5 Å². The summed E-state index contributed by atoms with van der Waals surface area (Å²) in [5.74, 6) is 0.284. The standard InChI is InChI=1S/C18H20F3N3O3/c1-11-16(12(2)27-23-11)17(25)22-9-13-7-8-24(10-13)14-3-5-15(6-4-14)26-18(19,20)21/h3-6,13H,7-10H2,1-2H3,(H,22,25). The number of alkyl halides is 3. The highest BCUT2D eigenvalue weighted by Crippen LogP contribution is 2.28. The fourth-order valence-electron chi connectivity index (χ4n) is 3.22. The predicted octanol–water partition coefficient (Wildman–Crippen LogP) is 3.45. The van der Waals surface area contributed by atoms with E-state index in [0.717, 1.165) is 18.7 Å². The molecule has 146 valence electrons. The third-order valence-electron chi connectivity index (χ3n) is 4.53. The first-order chi connectivity index (χ1) is 12.7. The molecule has 1 aliphatic heterocycles. The third kappa shape index (κ3) is 4.72. The Kier molecular flexibility index (Phi) is 5.29. The monoisotopic (exact) mass is 383 g/mol. The Labute approximate surface area is 154 Å². The van der Waals surface area contributed by atoms with Gasteiger partial charge in [0, 0.05) is 25.3 Å². The van der Waals surface area contributed by atoms with Gasteiger partial charge >= 0.3 is 6.36 Å².